The van der Waals surface area contributed by atoms with Gasteiger partial charge in [0.1, 0.15) is 5.69 Å². The fourth-order valence-electron chi connectivity index (χ4n) is 2.52. The Hall–Kier alpha value is -1.29. The van der Waals surface area contributed by atoms with Gasteiger partial charge in [0.25, 0.3) is 5.91 Å². The number of aromatic nitrogens is 1. The average Bonchev–Trinajstić information content (AvgIpc) is 2.98. The first kappa shape index (κ1) is 13.1. The maximum Gasteiger partial charge on any atom is 0.270 e. The van der Waals surface area contributed by atoms with E-state index in [1.165, 1.54) is 12.8 Å². The van der Waals surface area contributed by atoms with E-state index >= 15 is 0 Å². The molecule has 0 spiro atoms. The first-order valence-corrected chi connectivity index (χ1v) is 6.78. The van der Waals surface area contributed by atoms with Crippen molar-refractivity contribution in [3.8, 4) is 0 Å². The number of nitrogens with zero attached hydrogens (tertiary/aromatic N) is 2. The standard InChI is InChI=1S/C14H23N3O/c1-4-17(10-12-6-5-9-15-12)14(18)13-8-7-11(2)16(13)3/h7-8,12,15H,4-6,9-10H2,1-3H3. The minimum Gasteiger partial charge on any atom is -0.344 e. The molecular weight excluding hydrogens is 226 g/mol. The number of carbonyl (C=O) groups is 1. The minimum atomic E-state index is 0.141. The summed E-state index contributed by atoms with van der Waals surface area (Å²) in [6.45, 7) is 6.73. The average molecular weight is 249 g/mol. The van der Waals surface area contributed by atoms with E-state index in [0.717, 1.165) is 31.0 Å². The Bertz CT molecular complexity index is 419. The summed E-state index contributed by atoms with van der Waals surface area (Å²) < 4.78 is 1.97. The van der Waals surface area contributed by atoms with Crippen LogP contribution in [-0.4, -0.2) is 41.1 Å². The molecule has 18 heavy (non-hydrogen) atoms. The quantitative estimate of drug-likeness (QED) is 0.879. The molecule has 2 rings (SSSR count). The molecule has 1 amide bonds. The van der Waals surface area contributed by atoms with Gasteiger partial charge in [0.15, 0.2) is 0 Å². The Kier molecular flexibility index (Phi) is 4.07. The number of amides is 1. The highest BCUT2D eigenvalue weighted by Crippen LogP contribution is 2.12. The zero-order valence-corrected chi connectivity index (χ0v) is 11.6. The molecule has 1 aliphatic rings. The molecule has 0 aliphatic carbocycles. The third-order valence-corrected chi connectivity index (χ3v) is 3.86. The van der Waals surface area contributed by atoms with Crippen LogP contribution in [0.1, 0.15) is 35.9 Å². The fraction of sp³-hybridized carbons (Fsp3) is 0.643. The lowest BCUT2D eigenvalue weighted by molar-refractivity contribution is 0.0741. The highest BCUT2D eigenvalue weighted by Gasteiger charge is 2.22. The Balaban J connectivity index is 2.07. The van der Waals surface area contributed by atoms with Crippen molar-refractivity contribution in [1.82, 2.24) is 14.8 Å². The van der Waals surface area contributed by atoms with Crippen LogP contribution in [0.15, 0.2) is 12.1 Å². The predicted molar refractivity (Wildman–Crippen MR) is 72.8 cm³/mol. The third kappa shape index (κ3) is 2.58. The van der Waals surface area contributed by atoms with E-state index in [9.17, 15) is 4.79 Å². The normalized spacial score (nSPS) is 19.2. The maximum absolute atomic E-state index is 12.5. The van der Waals surface area contributed by atoms with Crippen LogP contribution in [0.4, 0.5) is 0 Å². The van der Waals surface area contributed by atoms with Crippen molar-refractivity contribution in [2.24, 2.45) is 7.05 Å². The van der Waals surface area contributed by atoms with E-state index in [2.05, 4.69) is 5.32 Å². The van der Waals surface area contributed by atoms with Crippen molar-refractivity contribution >= 4 is 5.91 Å². The van der Waals surface area contributed by atoms with Gasteiger partial charge >= 0.3 is 0 Å². The lowest BCUT2D eigenvalue weighted by Gasteiger charge is -2.24. The molecule has 0 aromatic carbocycles. The highest BCUT2D eigenvalue weighted by molar-refractivity contribution is 5.93. The fourth-order valence-corrected chi connectivity index (χ4v) is 2.52. The topological polar surface area (TPSA) is 37.3 Å². The Morgan fingerprint density at radius 2 is 2.33 bits per heavy atom. The summed E-state index contributed by atoms with van der Waals surface area (Å²) in [5.41, 5.74) is 1.90. The predicted octanol–water partition coefficient (Wildman–Crippen LogP) is 1.55. The van der Waals surface area contributed by atoms with E-state index in [4.69, 9.17) is 0 Å². The third-order valence-electron chi connectivity index (χ3n) is 3.86. The second-order valence-electron chi connectivity index (χ2n) is 5.06. The number of nitrogens with one attached hydrogen (secondary N) is 1. The number of rotatable bonds is 4. The van der Waals surface area contributed by atoms with Crippen LogP contribution in [0.5, 0.6) is 0 Å². The molecule has 1 fully saturated rings. The van der Waals surface area contributed by atoms with Crippen LogP contribution < -0.4 is 5.32 Å². The number of aryl methyl sites for hydroxylation is 1. The largest absolute Gasteiger partial charge is 0.344 e. The van der Waals surface area contributed by atoms with Gasteiger partial charge in [0, 0.05) is 31.9 Å². The summed E-state index contributed by atoms with van der Waals surface area (Å²) in [5, 5.41) is 3.45. The van der Waals surface area contributed by atoms with E-state index in [1.807, 2.05) is 42.5 Å². The number of likely N-dealkylation sites (N-methyl/N-ethyl adjacent to an activating group) is 1. The Labute approximate surface area is 109 Å². The van der Waals surface area contributed by atoms with Gasteiger partial charge in [-0.2, -0.15) is 0 Å². The minimum absolute atomic E-state index is 0.141. The number of hydrogen-bond acceptors (Lipinski definition) is 2. The van der Waals surface area contributed by atoms with Crippen LogP contribution in [0.3, 0.4) is 0 Å². The van der Waals surface area contributed by atoms with Crippen LogP contribution >= 0.6 is 0 Å². The number of carbonyl (C=O) groups excluding carboxylic acids is 1. The van der Waals surface area contributed by atoms with Crippen LogP contribution in [0.25, 0.3) is 0 Å². The molecule has 0 saturated carbocycles. The van der Waals surface area contributed by atoms with Crippen LogP contribution in [0, 0.1) is 6.92 Å². The Morgan fingerprint density at radius 1 is 1.56 bits per heavy atom. The second-order valence-corrected chi connectivity index (χ2v) is 5.06. The summed E-state index contributed by atoms with van der Waals surface area (Å²) in [6, 6.07) is 4.38. The highest BCUT2D eigenvalue weighted by atomic mass is 16.2. The molecule has 1 unspecified atom stereocenters. The van der Waals surface area contributed by atoms with Crippen molar-refractivity contribution in [3.63, 3.8) is 0 Å². The molecule has 1 atom stereocenters. The van der Waals surface area contributed by atoms with Crippen LogP contribution in [0.2, 0.25) is 0 Å². The lowest BCUT2D eigenvalue weighted by Crippen LogP contribution is -2.41. The molecule has 100 valence electrons. The van der Waals surface area contributed by atoms with Gasteiger partial charge in [-0.25, -0.2) is 0 Å². The summed E-state index contributed by atoms with van der Waals surface area (Å²) in [7, 11) is 1.95. The molecule has 0 radical (unpaired) electrons. The molecule has 2 heterocycles. The molecule has 4 heteroatoms. The van der Waals surface area contributed by atoms with Gasteiger partial charge < -0.3 is 14.8 Å². The van der Waals surface area contributed by atoms with Crippen molar-refractivity contribution in [3.05, 3.63) is 23.5 Å². The summed E-state index contributed by atoms with van der Waals surface area (Å²) in [6.07, 6.45) is 2.40. The number of hydrogen-bond donors (Lipinski definition) is 1. The van der Waals surface area contributed by atoms with Gasteiger partial charge in [0.2, 0.25) is 0 Å². The van der Waals surface area contributed by atoms with Gasteiger partial charge in [-0.05, 0) is 45.4 Å². The monoisotopic (exact) mass is 249 g/mol. The van der Waals surface area contributed by atoms with E-state index in [-0.39, 0.29) is 5.91 Å². The molecular formula is C14H23N3O. The summed E-state index contributed by atoms with van der Waals surface area (Å²) >= 11 is 0. The molecule has 1 N–H and O–H groups in total. The SMILES string of the molecule is CCN(CC1CCCN1)C(=O)c1ccc(C)n1C. The smallest absolute Gasteiger partial charge is 0.270 e. The van der Waals surface area contributed by atoms with E-state index in [0.29, 0.717) is 6.04 Å². The van der Waals surface area contributed by atoms with Gasteiger partial charge in [-0.1, -0.05) is 0 Å². The lowest BCUT2D eigenvalue weighted by atomic mass is 10.2. The molecule has 0 bridgehead atoms. The van der Waals surface area contributed by atoms with Gasteiger partial charge in [0.05, 0.1) is 0 Å². The maximum atomic E-state index is 12.5. The summed E-state index contributed by atoms with van der Waals surface area (Å²) in [4.78, 5) is 14.4. The van der Waals surface area contributed by atoms with Crippen molar-refractivity contribution in [2.45, 2.75) is 32.7 Å². The second kappa shape index (κ2) is 5.57. The summed E-state index contributed by atoms with van der Waals surface area (Å²) in [5.74, 6) is 0.141. The first-order valence-electron chi connectivity index (χ1n) is 6.78. The zero-order chi connectivity index (χ0) is 13.1. The molecule has 4 nitrogen and oxygen atoms in total. The van der Waals surface area contributed by atoms with Crippen molar-refractivity contribution < 1.29 is 4.79 Å². The molecule has 1 saturated heterocycles. The van der Waals surface area contributed by atoms with E-state index in [1.54, 1.807) is 0 Å². The van der Waals surface area contributed by atoms with E-state index < -0.39 is 0 Å². The zero-order valence-electron chi connectivity index (χ0n) is 11.6. The van der Waals surface area contributed by atoms with Gasteiger partial charge in [-0.15, -0.1) is 0 Å². The van der Waals surface area contributed by atoms with Gasteiger partial charge in [-0.3, -0.25) is 4.79 Å². The van der Waals surface area contributed by atoms with Crippen molar-refractivity contribution in [1.29, 1.82) is 0 Å². The van der Waals surface area contributed by atoms with Crippen molar-refractivity contribution in [2.75, 3.05) is 19.6 Å². The first-order chi connectivity index (χ1) is 8.63. The van der Waals surface area contributed by atoms with Crippen LogP contribution in [-0.2, 0) is 7.05 Å². The Morgan fingerprint density at radius 3 is 2.83 bits per heavy atom. The molecule has 1 aliphatic heterocycles. The molecule has 1 aromatic rings. The molecule has 1 aromatic heterocycles.